The number of benzene rings is 1. The van der Waals surface area contributed by atoms with Crippen LogP contribution in [-0.2, 0) is 0 Å². The summed E-state index contributed by atoms with van der Waals surface area (Å²) in [7, 11) is 0. The molecule has 29 heavy (non-hydrogen) atoms. The van der Waals surface area contributed by atoms with Crippen molar-refractivity contribution in [3.05, 3.63) is 63.4 Å². The van der Waals surface area contributed by atoms with Gasteiger partial charge in [-0.2, -0.15) is 9.78 Å². The number of hydrogen-bond donors (Lipinski definition) is 0. The third-order valence-corrected chi connectivity index (χ3v) is 5.81. The molecule has 150 valence electrons. The molecule has 1 saturated carbocycles. The molecule has 2 aromatic heterocycles. The average molecular weight is 452 g/mol. The van der Waals surface area contributed by atoms with E-state index in [1.165, 1.54) is 23.1 Å². The van der Waals surface area contributed by atoms with Gasteiger partial charge in [-0.25, -0.2) is 15.0 Å². The summed E-state index contributed by atoms with van der Waals surface area (Å²) in [6.07, 6.45) is 6.83. The van der Waals surface area contributed by atoms with Gasteiger partial charge in [0.1, 0.15) is 6.33 Å². The van der Waals surface area contributed by atoms with Crippen LogP contribution < -0.4 is 0 Å². The molecule has 1 fully saturated rings. The Morgan fingerprint density at radius 2 is 1.93 bits per heavy atom. The van der Waals surface area contributed by atoms with Gasteiger partial charge in [0.2, 0.25) is 0 Å². The van der Waals surface area contributed by atoms with Gasteiger partial charge in [0.15, 0.2) is 5.82 Å². The number of hydrogen-bond acceptors (Lipinski definition) is 5. The van der Waals surface area contributed by atoms with Crippen LogP contribution in [0.3, 0.4) is 0 Å². The van der Waals surface area contributed by atoms with E-state index in [1.807, 2.05) is 6.92 Å². The van der Waals surface area contributed by atoms with Gasteiger partial charge < -0.3 is 4.90 Å². The number of aromatic nitrogens is 5. The number of halogens is 3. The van der Waals surface area contributed by atoms with Gasteiger partial charge in [0.05, 0.1) is 21.7 Å². The molecule has 1 aliphatic rings. The molecule has 7 nitrogen and oxygen atoms in total. The molecular weight excluding hydrogens is 435 g/mol. The van der Waals surface area contributed by atoms with Crippen LogP contribution >= 0.6 is 34.8 Å². The fraction of sp³-hybridized carbons (Fsp3) is 0.316. The average Bonchev–Trinajstić information content (AvgIpc) is 3.41. The molecule has 1 aromatic carbocycles. The largest absolute Gasteiger partial charge is 0.328 e. The van der Waals surface area contributed by atoms with E-state index in [0.29, 0.717) is 29.3 Å². The predicted molar refractivity (Wildman–Crippen MR) is 111 cm³/mol. The van der Waals surface area contributed by atoms with Gasteiger partial charge in [0, 0.05) is 24.0 Å². The second-order valence-electron chi connectivity index (χ2n) is 6.90. The molecule has 0 aliphatic heterocycles. The van der Waals surface area contributed by atoms with Crippen molar-refractivity contribution in [1.29, 1.82) is 0 Å². The van der Waals surface area contributed by atoms with E-state index < -0.39 is 6.04 Å². The molecule has 1 unspecified atom stereocenters. The van der Waals surface area contributed by atoms with E-state index in [1.54, 1.807) is 23.4 Å². The minimum atomic E-state index is -0.400. The van der Waals surface area contributed by atoms with Crippen molar-refractivity contribution in [3.63, 3.8) is 0 Å². The smallest absolute Gasteiger partial charge is 0.256 e. The third-order valence-electron chi connectivity index (χ3n) is 4.79. The SMILES string of the molecule is CC(c1ncnn1-c1ncccn1)N(CC1CC1)C(=O)c1cc(Cl)cc(Cl)c1Cl. The normalized spacial score (nSPS) is 14.6. The fourth-order valence-electron chi connectivity index (χ4n) is 3.09. The van der Waals surface area contributed by atoms with Crippen LogP contribution in [0.2, 0.25) is 15.1 Å². The van der Waals surface area contributed by atoms with E-state index in [-0.39, 0.29) is 21.5 Å². The lowest BCUT2D eigenvalue weighted by Gasteiger charge is -2.29. The third kappa shape index (κ3) is 4.22. The maximum Gasteiger partial charge on any atom is 0.256 e. The number of nitrogens with zero attached hydrogens (tertiary/aromatic N) is 6. The lowest BCUT2D eigenvalue weighted by molar-refractivity contribution is 0.0671. The summed E-state index contributed by atoms with van der Waals surface area (Å²) in [4.78, 5) is 28.0. The molecular formula is C19H17Cl3N6O. The zero-order chi connectivity index (χ0) is 20.5. The molecule has 4 rings (SSSR count). The second kappa shape index (κ2) is 8.26. The van der Waals surface area contributed by atoms with Gasteiger partial charge in [-0.1, -0.05) is 34.8 Å². The Balaban J connectivity index is 1.71. The highest BCUT2D eigenvalue weighted by atomic mass is 35.5. The summed E-state index contributed by atoms with van der Waals surface area (Å²) in [6.45, 7) is 2.47. The monoisotopic (exact) mass is 450 g/mol. The highest BCUT2D eigenvalue weighted by Crippen LogP contribution is 2.36. The van der Waals surface area contributed by atoms with Gasteiger partial charge in [-0.3, -0.25) is 4.79 Å². The molecule has 3 aromatic rings. The van der Waals surface area contributed by atoms with Crippen molar-refractivity contribution in [3.8, 4) is 5.95 Å². The van der Waals surface area contributed by atoms with Crippen LogP contribution in [0.25, 0.3) is 5.95 Å². The Labute approximate surface area is 182 Å². The first-order valence-corrected chi connectivity index (χ1v) is 10.2. The van der Waals surface area contributed by atoms with Crippen molar-refractivity contribution < 1.29 is 4.79 Å². The van der Waals surface area contributed by atoms with Crippen molar-refractivity contribution in [1.82, 2.24) is 29.6 Å². The Hall–Kier alpha value is -2.22. The molecule has 0 spiro atoms. The maximum atomic E-state index is 13.5. The van der Waals surface area contributed by atoms with Crippen LogP contribution in [0, 0.1) is 5.92 Å². The van der Waals surface area contributed by atoms with Crippen molar-refractivity contribution in [2.45, 2.75) is 25.8 Å². The lowest BCUT2D eigenvalue weighted by atomic mass is 10.1. The van der Waals surface area contributed by atoms with Gasteiger partial charge in [0.25, 0.3) is 11.9 Å². The van der Waals surface area contributed by atoms with Crippen LogP contribution in [0.4, 0.5) is 0 Å². The number of rotatable bonds is 6. The standard InChI is InChI=1S/C19H17Cl3N6O/c1-11(17-25-10-26-28(17)19-23-5-2-6-24-19)27(9-12-3-4-12)18(29)14-7-13(20)8-15(21)16(14)22/h2,5-8,10-12H,3-4,9H2,1H3. The first-order chi connectivity index (χ1) is 14.0. The molecule has 10 heteroatoms. The molecule has 0 saturated heterocycles. The van der Waals surface area contributed by atoms with E-state index in [9.17, 15) is 4.79 Å². The van der Waals surface area contributed by atoms with Crippen LogP contribution in [0.1, 0.15) is 42.0 Å². The topological polar surface area (TPSA) is 76.8 Å². The van der Waals surface area contributed by atoms with Crippen molar-refractivity contribution in [2.75, 3.05) is 6.54 Å². The van der Waals surface area contributed by atoms with E-state index in [0.717, 1.165) is 12.8 Å². The first-order valence-electron chi connectivity index (χ1n) is 9.08. The van der Waals surface area contributed by atoms with Gasteiger partial charge >= 0.3 is 0 Å². The Kier molecular flexibility index (Phi) is 5.72. The Morgan fingerprint density at radius 3 is 2.62 bits per heavy atom. The summed E-state index contributed by atoms with van der Waals surface area (Å²) in [5.74, 6) is 1.12. The lowest BCUT2D eigenvalue weighted by Crippen LogP contribution is -2.37. The highest BCUT2D eigenvalue weighted by Gasteiger charge is 2.34. The molecule has 1 atom stereocenters. The summed E-state index contributed by atoms with van der Waals surface area (Å²) >= 11 is 18.6. The molecule has 0 radical (unpaired) electrons. The van der Waals surface area contributed by atoms with Crippen LogP contribution in [0.15, 0.2) is 36.9 Å². The summed E-state index contributed by atoms with van der Waals surface area (Å²) in [6, 6.07) is 4.37. The number of carbonyl (C=O) groups is 1. The van der Waals surface area contributed by atoms with Crippen molar-refractivity contribution in [2.24, 2.45) is 5.92 Å². The van der Waals surface area contributed by atoms with Crippen LogP contribution in [0.5, 0.6) is 0 Å². The Morgan fingerprint density at radius 1 is 1.21 bits per heavy atom. The highest BCUT2D eigenvalue weighted by molar-refractivity contribution is 6.45. The maximum absolute atomic E-state index is 13.5. The molecule has 0 N–H and O–H groups in total. The van der Waals surface area contributed by atoms with Crippen LogP contribution in [-0.4, -0.2) is 42.1 Å². The zero-order valence-electron chi connectivity index (χ0n) is 15.5. The Bertz CT molecular complexity index is 1040. The number of carbonyl (C=O) groups excluding carboxylic acids is 1. The fourth-order valence-corrected chi connectivity index (χ4v) is 3.77. The minimum absolute atomic E-state index is 0.182. The van der Waals surface area contributed by atoms with E-state index in [4.69, 9.17) is 34.8 Å². The first kappa shape index (κ1) is 20.1. The summed E-state index contributed by atoms with van der Waals surface area (Å²) in [5, 5.41) is 5.01. The molecule has 0 bridgehead atoms. The molecule has 1 aliphatic carbocycles. The van der Waals surface area contributed by atoms with E-state index in [2.05, 4.69) is 20.1 Å². The van der Waals surface area contributed by atoms with Gasteiger partial charge in [-0.15, -0.1) is 0 Å². The molecule has 2 heterocycles. The van der Waals surface area contributed by atoms with Gasteiger partial charge in [-0.05, 0) is 43.9 Å². The van der Waals surface area contributed by atoms with E-state index >= 15 is 0 Å². The second-order valence-corrected chi connectivity index (χ2v) is 8.13. The quantitative estimate of drug-likeness (QED) is 0.511. The van der Waals surface area contributed by atoms with Crippen molar-refractivity contribution >= 4 is 40.7 Å². The summed E-state index contributed by atoms with van der Waals surface area (Å²) < 4.78 is 1.53. The minimum Gasteiger partial charge on any atom is -0.328 e. The molecule has 1 amide bonds. The zero-order valence-corrected chi connectivity index (χ0v) is 17.7. The predicted octanol–water partition coefficient (Wildman–Crippen LogP) is 4.63. The number of amides is 1. The summed E-state index contributed by atoms with van der Waals surface area (Å²) in [5.41, 5.74) is 0.263.